The number of hydrogen-bond donors (Lipinski definition) is 0. The summed E-state index contributed by atoms with van der Waals surface area (Å²) in [5, 5.41) is 0.588. The van der Waals surface area contributed by atoms with Crippen molar-refractivity contribution in [2.75, 3.05) is 0 Å². The fourth-order valence-electron chi connectivity index (χ4n) is 2.94. The van der Waals surface area contributed by atoms with E-state index in [0.29, 0.717) is 29.7 Å². The van der Waals surface area contributed by atoms with E-state index in [1.54, 1.807) is 24.3 Å². The van der Waals surface area contributed by atoms with Crippen LogP contribution < -0.4 is 4.74 Å². The Labute approximate surface area is 136 Å². The lowest BCUT2D eigenvalue weighted by molar-refractivity contribution is -0.125. The molecule has 1 fully saturated rings. The zero-order valence-electron chi connectivity index (χ0n) is 12.6. The number of halogens is 2. The molecule has 0 saturated heterocycles. The molecule has 0 aliphatic heterocycles. The largest absolute Gasteiger partial charge is 0.455 e. The van der Waals surface area contributed by atoms with Crippen LogP contribution in [0.4, 0.5) is 8.78 Å². The highest BCUT2D eigenvalue weighted by molar-refractivity contribution is 5.92. The van der Waals surface area contributed by atoms with Crippen molar-refractivity contribution < 1.29 is 18.3 Å². The van der Waals surface area contributed by atoms with E-state index in [9.17, 15) is 13.6 Å². The van der Waals surface area contributed by atoms with E-state index >= 15 is 0 Å². The Kier molecular flexibility index (Phi) is 3.49. The predicted molar refractivity (Wildman–Crippen MR) is 85.2 cm³/mol. The van der Waals surface area contributed by atoms with Gasteiger partial charge in [0.05, 0.1) is 6.20 Å². The predicted octanol–water partition coefficient (Wildman–Crippen LogP) is 4.75. The van der Waals surface area contributed by atoms with Crippen LogP contribution >= 0.6 is 0 Å². The third kappa shape index (κ3) is 2.42. The lowest BCUT2D eigenvalue weighted by Crippen LogP contribution is -2.24. The standard InChI is InChI=1S/C19H13F2NO2/c20-14-4-2-6-17(18(14)13-7-8-16(13)23)24-12-9-11-3-1-5-15(21)19(11)22-10-12/h1-6,9-10,13H,7-8H2. The van der Waals surface area contributed by atoms with Crippen molar-refractivity contribution in [2.24, 2.45) is 0 Å². The quantitative estimate of drug-likeness (QED) is 0.697. The molecule has 2 aromatic carbocycles. The molecule has 24 heavy (non-hydrogen) atoms. The molecule has 3 nitrogen and oxygen atoms in total. The Bertz CT molecular complexity index is 955. The number of Topliss-reactive ketones (excluding diaryl/α,β-unsaturated/α-hetero) is 1. The molecule has 1 atom stereocenters. The molecule has 5 heteroatoms. The third-order valence-electron chi connectivity index (χ3n) is 4.29. The van der Waals surface area contributed by atoms with Crippen LogP contribution in [0.3, 0.4) is 0 Å². The van der Waals surface area contributed by atoms with Crippen LogP contribution in [0.25, 0.3) is 10.9 Å². The monoisotopic (exact) mass is 325 g/mol. The average molecular weight is 325 g/mol. The van der Waals surface area contributed by atoms with Gasteiger partial charge in [-0.25, -0.2) is 13.8 Å². The first-order chi connectivity index (χ1) is 11.6. The number of hydrogen-bond acceptors (Lipinski definition) is 3. The zero-order chi connectivity index (χ0) is 16.7. The second-order valence-corrected chi connectivity index (χ2v) is 5.79. The van der Waals surface area contributed by atoms with E-state index in [0.717, 1.165) is 0 Å². The number of aromatic nitrogens is 1. The third-order valence-corrected chi connectivity index (χ3v) is 4.29. The first kappa shape index (κ1) is 14.8. The van der Waals surface area contributed by atoms with E-state index in [1.807, 2.05) is 0 Å². The van der Waals surface area contributed by atoms with E-state index in [4.69, 9.17) is 4.74 Å². The molecule has 4 rings (SSSR count). The number of ketones is 1. The maximum atomic E-state index is 14.2. The van der Waals surface area contributed by atoms with Gasteiger partial charge in [0.1, 0.15) is 34.4 Å². The number of ether oxygens (including phenoxy) is 1. The van der Waals surface area contributed by atoms with Gasteiger partial charge in [-0.3, -0.25) is 4.79 Å². The van der Waals surface area contributed by atoms with Crippen molar-refractivity contribution in [3.63, 3.8) is 0 Å². The van der Waals surface area contributed by atoms with Crippen molar-refractivity contribution in [2.45, 2.75) is 18.8 Å². The topological polar surface area (TPSA) is 39.2 Å². The summed E-state index contributed by atoms with van der Waals surface area (Å²) in [6.45, 7) is 0. The minimum absolute atomic E-state index is 0.0173. The van der Waals surface area contributed by atoms with Gasteiger partial charge in [-0.15, -0.1) is 0 Å². The summed E-state index contributed by atoms with van der Waals surface area (Å²) in [7, 11) is 0. The van der Waals surface area contributed by atoms with Crippen LogP contribution in [0.1, 0.15) is 24.3 Å². The molecule has 0 bridgehead atoms. The fourth-order valence-corrected chi connectivity index (χ4v) is 2.94. The molecule has 1 aromatic heterocycles. The molecule has 0 amide bonds. The highest BCUT2D eigenvalue weighted by Gasteiger charge is 2.34. The number of benzene rings is 2. The molecular weight excluding hydrogens is 312 g/mol. The van der Waals surface area contributed by atoms with Crippen molar-refractivity contribution in [1.82, 2.24) is 4.98 Å². The molecule has 1 aliphatic rings. The fraction of sp³-hybridized carbons (Fsp3) is 0.158. The Morgan fingerprint density at radius 2 is 1.88 bits per heavy atom. The Morgan fingerprint density at radius 1 is 1.08 bits per heavy atom. The molecule has 1 heterocycles. The Hall–Kier alpha value is -2.82. The number of carbonyl (C=O) groups excluding carboxylic acids is 1. The van der Waals surface area contributed by atoms with E-state index < -0.39 is 17.6 Å². The van der Waals surface area contributed by atoms with Gasteiger partial charge in [-0.2, -0.15) is 0 Å². The van der Waals surface area contributed by atoms with Crippen LogP contribution in [0.15, 0.2) is 48.7 Å². The van der Waals surface area contributed by atoms with E-state index in [2.05, 4.69) is 4.98 Å². The van der Waals surface area contributed by atoms with Gasteiger partial charge in [-0.1, -0.05) is 18.2 Å². The summed E-state index contributed by atoms with van der Waals surface area (Å²) >= 11 is 0. The van der Waals surface area contributed by atoms with Crippen molar-refractivity contribution in [3.8, 4) is 11.5 Å². The minimum Gasteiger partial charge on any atom is -0.455 e. The van der Waals surface area contributed by atoms with Crippen LogP contribution in [0, 0.1) is 11.6 Å². The van der Waals surface area contributed by atoms with E-state index in [1.165, 1.54) is 24.4 Å². The Morgan fingerprint density at radius 3 is 2.62 bits per heavy atom. The maximum Gasteiger partial charge on any atom is 0.149 e. The van der Waals surface area contributed by atoms with Crippen LogP contribution in [0.5, 0.6) is 11.5 Å². The number of nitrogens with zero attached hydrogens (tertiary/aromatic N) is 1. The lowest BCUT2D eigenvalue weighted by Gasteiger charge is -2.26. The molecule has 0 radical (unpaired) electrons. The first-order valence-electron chi connectivity index (χ1n) is 7.67. The average Bonchev–Trinajstić information content (AvgIpc) is 2.56. The number of fused-ring (bicyclic) bond motifs is 1. The smallest absolute Gasteiger partial charge is 0.149 e. The van der Waals surface area contributed by atoms with Gasteiger partial charge in [0.15, 0.2) is 0 Å². The summed E-state index contributed by atoms with van der Waals surface area (Å²) < 4.78 is 33.6. The highest BCUT2D eigenvalue weighted by Crippen LogP contribution is 2.41. The number of para-hydroxylation sites is 1. The number of pyridine rings is 1. The van der Waals surface area contributed by atoms with Gasteiger partial charge in [0.2, 0.25) is 0 Å². The van der Waals surface area contributed by atoms with Gasteiger partial charge in [0, 0.05) is 23.3 Å². The summed E-state index contributed by atoms with van der Waals surface area (Å²) in [4.78, 5) is 15.8. The lowest BCUT2D eigenvalue weighted by atomic mass is 9.78. The highest BCUT2D eigenvalue weighted by atomic mass is 19.1. The van der Waals surface area contributed by atoms with Crippen molar-refractivity contribution in [3.05, 3.63) is 65.9 Å². The second kappa shape index (κ2) is 5.67. The van der Waals surface area contributed by atoms with Crippen molar-refractivity contribution in [1.29, 1.82) is 0 Å². The normalized spacial score (nSPS) is 16.9. The number of carbonyl (C=O) groups is 1. The summed E-state index contributed by atoms with van der Waals surface area (Å²) in [6.07, 6.45) is 2.48. The number of rotatable bonds is 3. The van der Waals surface area contributed by atoms with Gasteiger partial charge in [-0.05, 0) is 30.7 Å². The molecule has 120 valence electrons. The molecule has 1 saturated carbocycles. The summed E-state index contributed by atoms with van der Waals surface area (Å²) in [5.74, 6) is -0.635. The molecule has 3 aromatic rings. The second-order valence-electron chi connectivity index (χ2n) is 5.79. The summed E-state index contributed by atoms with van der Waals surface area (Å²) in [5.41, 5.74) is 0.534. The molecule has 1 aliphatic carbocycles. The van der Waals surface area contributed by atoms with E-state index in [-0.39, 0.29) is 16.9 Å². The minimum atomic E-state index is -0.453. The zero-order valence-corrected chi connectivity index (χ0v) is 12.6. The molecule has 0 N–H and O–H groups in total. The van der Waals surface area contributed by atoms with Gasteiger partial charge >= 0.3 is 0 Å². The molecule has 1 unspecified atom stereocenters. The summed E-state index contributed by atoms with van der Waals surface area (Å²) in [6, 6.07) is 10.8. The molecular formula is C19H13F2NO2. The van der Waals surface area contributed by atoms with Crippen LogP contribution in [-0.2, 0) is 4.79 Å². The Balaban J connectivity index is 1.73. The molecule has 0 spiro atoms. The maximum absolute atomic E-state index is 14.2. The van der Waals surface area contributed by atoms with Crippen molar-refractivity contribution >= 4 is 16.7 Å². The van der Waals surface area contributed by atoms with Crippen LogP contribution in [0.2, 0.25) is 0 Å². The van der Waals surface area contributed by atoms with Gasteiger partial charge < -0.3 is 4.74 Å². The SMILES string of the molecule is O=C1CCC1c1c(F)cccc1Oc1cnc2c(F)cccc2c1. The van der Waals surface area contributed by atoms with Crippen LogP contribution in [-0.4, -0.2) is 10.8 Å². The first-order valence-corrected chi connectivity index (χ1v) is 7.67. The van der Waals surface area contributed by atoms with Gasteiger partial charge in [0.25, 0.3) is 0 Å².